The number of hydrogen-bond acceptors (Lipinski definition) is 7. The highest BCUT2D eigenvalue weighted by molar-refractivity contribution is 6.51. The van der Waals surface area contributed by atoms with Crippen LogP contribution in [0, 0.1) is 0 Å². The summed E-state index contributed by atoms with van der Waals surface area (Å²) in [6.45, 7) is 0.617. The number of ether oxygens (including phenoxy) is 2. The number of aryl methyl sites for hydroxylation is 1. The molecule has 0 saturated carbocycles. The quantitative estimate of drug-likeness (QED) is 0.200. The number of nitrogens with zero attached hydrogens (tertiary/aromatic N) is 2. The van der Waals surface area contributed by atoms with Gasteiger partial charge in [0.1, 0.15) is 17.3 Å². The molecule has 3 N–H and O–H groups in total. The molecule has 10 heteroatoms. The lowest BCUT2D eigenvalue weighted by molar-refractivity contribution is -0.132. The van der Waals surface area contributed by atoms with Gasteiger partial charge in [-0.05, 0) is 72.5 Å². The van der Waals surface area contributed by atoms with Crippen molar-refractivity contribution in [2.24, 2.45) is 0 Å². The standard InChI is InChI=1S/C29H23N3O7/c1-38-19-8-4-15(5-9-19)24-23(25(33)17-7-11-22-16(13-17)3-2-12-39-22)26(34)27(35)32(24)29-30-20-10-6-18(28(36)37)14-21(20)31-29/h4-11,13-14,24,33H,2-3,12H2,1H3,(H,30,31)(H,36,37)/b25-23+. The number of rotatable bonds is 5. The topological polar surface area (TPSA) is 142 Å². The molecule has 1 unspecified atom stereocenters. The van der Waals surface area contributed by atoms with E-state index in [0.29, 0.717) is 34.5 Å². The molecule has 39 heavy (non-hydrogen) atoms. The zero-order valence-electron chi connectivity index (χ0n) is 20.8. The number of carbonyl (C=O) groups is 3. The normalized spacial score (nSPS) is 18.2. The molecule has 1 aromatic heterocycles. The Kier molecular flexibility index (Phi) is 5.79. The molecule has 0 radical (unpaired) electrons. The second-order valence-corrected chi connectivity index (χ2v) is 9.31. The van der Waals surface area contributed by atoms with Crippen LogP contribution < -0.4 is 14.4 Å². The van der Waals surface area contributed by atoms with E-state index in [1.807, 2.05) is 0 Å². The van der Waals surface area contributed by atoms with Crippen LogP contribution in [0.1, 0.15) is 39.5 Å². The number of aliphatic hydroxyl groups is 1. The zero-order chi connectivity index (χ0) is 27.3. The molecule has 1 atom stereocenters. The number of carbonyl (C=O) groups excluding carboxylic acids is 2. The molecule has 196 valence electrons. The van der Waals surface area contributed by atoms with Gasteiger partial charge in [0.05, 0.1) is 41.9 Å². The number of aliphatic hydroxyl groups excluding tert-OH is 1. The zero-order valence-corrected chi connectivity index (χ0v) is 20.8. The molecule has 0 spiro atoms. The van der Waals surface area contributed by atoms with Crippen LogP contribution in [0.3, 0.4) is 0 Å². The first-order valence-corrected chi connectivity index (χ1v) is 12.3. The molecule has 1 saturated heterocycles. The maximum Gasteiger partial charge on any atom is 0.335 e. The second-order valence-electron chi connectivity index (χ2n) is 9.31. The minimum atomic E-state index is -1.11. The number of imidazole rings is 1. The number of ketones is 1. The summed E-state index contributed by atoms with van der Waals surface area (Å²) in [7, 11) is 1.53. The summed E-state index contributed by atoms with van der Waals surface area (Å²) in [6.07, 6.45) is 1.60. The minimum absolute atomic E-state index is 0.0443. The third-order valence-electron chi connectivity index (χ3n) is 7.00. The molecule has 3 aromatic carbocycles. The van der Waals surface area contributed by atoms with Crippen LogP contribution in [-0.4, -0.2) is 51.6 Å². The number of carboxylic acid groups (broad SMARTS) is 1. The van der Waals surface area contributed by atoms with Crippen LogP contribution in [0.25, 0.3) is 16.8 Å². The van der Waals surface area contributed by atoms with E-state index in [2.05, 4.69) is 9.97 Å². The third-order valence-corrected chi connectivity index (χ3v) is 7.00. The van der Waals surface area contributed by atoms with Crippen molar-refractivity contribution in [3.63, 3.8) is 0 Å². The number of Topliss-reactive ketones (excluding diaryl/α,β-unsaturated/α-hetero) is 1. The van der Waals surface area contributed by atoms with Gasteiger partial charge in [0.2, 0.25) is 5.95 Å². The molecule has 10 nitrogen and oxygen atoms in total. The van der Waals surface area contributed by atoms with Gasteiger partial charge >= 0.3 is 11.9 Å². The lowest BCUT2D eigenvalue weighted by atomic mass is 9.94. The Balaban J connectivity index is 1.52. The molecule has 1 amide bonds. The van der Waals surface area contributed by atoms with Crippen molar-refractivity contribution in [2.75, 3.05) is 18.6 Å². The molecular weight excluding hydrogens is 502 g/mol. The van der Waals surface area contributed by atoms with E-state index in [1.165, 1.54) is 30.2 Å². The van der Waals surface area contributed by atoms with Crippen molar-refractivity contribution in [3.8, 4) is 11.5 Å². The van der Waals surface area contributed by atoms with Crippen LogP contribution in [-0.2, 0) is 16.0 Å². The second kappa shape index (κ2) is 9.32. The van der Waals surface area contributed by atoms with Gasteiger partial charge in [0.25, 0.3) is 5.78 Å². The number of fused-ring (bicyclic) bond motifs is 2. The number of hydrogen-bond donors (Lipinski definition) is 3. The first kappa shape index (κ1) is 24.2. The molecule has 0 aliphatic carbocycles. The van der Waals surface area contributed by atoms with Crippen LogP contribution >= 0.6 is 0 Å². The maximum absolute atomic E-state index is 13.5. The largest absolute Gasteiger partial charge is 0.507 e. The van der Waals surface area contributed by atoms with Gasteiger partial charge in [-0.25, -0.2) is 9.78 Å². The van der Waals surface area contributed by atoms with Crippen molar-refractivity contribution in [2.45, 2.75) is 18.9 Å². The van der Waals surface area contributed by atoms with Crippen LogP contribution in [0.15, 0.2) is 66.2 Å². The number of H-pyrrole nitrogens is 1. The number of aromatic nitrogens is 2. The first-order chi connectivity index (χ1) is 18.9. The summed E-state index contributed by atoms with van der Waals surface area (Å²) < 4.78 is 10.9. The summed E-state index contributed by atoms with van der Waals surface area (Å²) in [5.74, 6) is -1.81. The minimum Gasteiger partial charge on any atom is -0.507 e. The number of amides is 1. The number of carboxylic acids is 1. The van der Waals surface area contributed by atoms with Gasteiger partial charge in [-0.3, -0.25) is 14.5 Å². The monoisotopic (exact) mass is 525 g/mol. The summed E-state index contributed by atoms with van der Waals surface area (Å²) in [5.41, 5.74) is 2.61. The van der Waals surface area contributed by atoms with E-state index in [-0.39, 0.29) is 22.8 Å². The SMILES string of the molecule is COc1ccc(C2/C(=C(\O)c3ccc4c(c3)CCCO4)C(=O)C(=O)N2c2nc3ccc(C(=O)O)cc3[nH]2)cc1. The predicted molar refractivity (Wildman–Crippen MR) is 141 cm³/mol. The van der Waals surface area contributed by atoms with E-state index in [0.717, 1.165) is 24.2 Å². The Morgan fingerprint density at radius 2 is 1.82 bits per heavy atom. The lowest BCUT2D eigenvalue weighted by Crippen LogP contribution is -2.30. The third kappa shape index (κ3) is 4.06. The number of nitrogens with one attached hydrogen (secondary N) is 1. The summed E-state index contributed by atoms with van der Waals surface area (Å²) in [6, 6.07) is 15.3. The van der Waals surface area contributed by atoms with Gasteiger partial charge in [0.15, 0.2) is 0 Å². The fourth-order valence-electron chi connectivity index (χ4n) is 5.06. The summed E-state index contributed by atoms with van der Waals surface area (Å²) in [5, 5.41) is 20.8. The highest BCUT2D eigenvalue weighted by Gasteiger charge is 2.48. The Morgan fingerprint density at radius 1 is 1.05 bits per heavy atom. The predicted octanol–water partition coefficient (Wildman–Crippen LogP) is 4.22. The summed E-state index contributed by atoms with van der Waals surface area (Å²) >= 11 is 0. The van der Waals surface area contributed by atoms with E-state index < -0.39 is 23.7 Å². The fourth-order valence-corrected chi connectivity index (χ4v) is 5.06. The van der Waals surface area contributed by atoms with E-state index in [4.69, 9.17) is 9.47 Å². The average molecular weight is 526 g/mol. The van der Waals surface area contributed by atoms with Gasteiger partial charge < -0.3 is 24.7 Å². The maximum atomic E-state index is 13.5. The molecule has 3 heterocycles. The molecule has 1 fully saturated rings. The van der Waals surface area contributed by atoms with Crippen LogP contribution in [0.4, 0.5) is 5.95 Å². The van der Waals surface area contributed by atoms with Crippen molar-refractivity contribution < 1.29 is 34.1 Å². The highest BCUT2D eigenvalue weighted by Crippen LogP contribution is 2.42. The highest BCUT2D eigenvalue weighted by atomic mass is 16.5. The Labute approximate surface area is 222 Å². The number of anilines is 1. The fraction of sp³-hybridized carbons (Fsp3) is 0.172. The van der Waals surface area contributed by atoms with Gasteiger partial charge in [0, 0.05) is 5.56 Å². The molecule has 0 bridgehead atoms. The Hall–Kier alpha value is -5.12. The molecule has 2 aliphatic rings. The Bertz CT molecular complexity index is 1690. The molecule has 2 aliphatic heterocycles. The van der Waals surface area contributed by atoms with Crippen LogP contribution in [0.2, 0.25) is 0 Å². The Morgan fingerprint density at radius 3 is 2.56 bits per heavy atom. The van der Waals surface area contributed by atoms with E-state index in [1.54, 1.807) is 42.5 Å². The van der Waals surface area contributed by atoms with Gasteiger partial charge in [-0.15, -0.1) is 0 Å². The van der Waals surface area contributed by atoms with Crippen molar-refractivity contribution in [1.29, 1.82) is 0 Å². The van der Waals surface area contributed by atoms with E-state index >= 15 is 0 Å². The number of aromatic carboxylic acids is 1. The van der Waals surface area contributed by atoms with Gasteiger partial charge in [-0.2, -0.15) is 0 Å². The summed E-state index contributed by atoms with van der Waals surface area (Å²) in [4.78, 5) is 47.0. The number of methoxy groups -OCH3 is 1. The van der Waals surface area contributed by atoms with E-state index in [9.17, 15) is 24.6 Å². The molecule has 6 rings (SSSR count). The van der Waals surface area contributed by atoms with Crippen molar-refractivity contribution in [3.05, 3.63) is 88.5 Å². The van der Waals surface area contributed by atoms with Crippen LogP contribution in [0.5, 0.6) is 11.5 Å². The first-order valence-electron chi connectivity index (χ1n) is 12.3. The smallest absolute Gasteiger partial charge is 0.335 e. The lowest BCUT2D eigenvalue weighted by Gasteiger charge is -2.23. The average Bonchev–Trinajstić information content (AvgIpc) is 3.49. The number of benzene rings is 3. The molecule has 4 aromatic rings. The van der Waals surface area contributed by atoms with Crippen molar-refractivity contribution >= 4 is 40.4 Å². The number of aromatic amines is 1. The van der Waals surface area contributed by atoms with Crippen molar-refractivity contribution in [1.82, 2.24) is 9.97 Å². The van der Waals surface area contributed by atoms with Gasteiger partial charge in [-0.1, -0.05) is 12.1 Å². The molecular formula is C29H23N3O7.